The van der Waals surface area contributed by atoms with Gasteiger partial charge in [0.25, 0.3) is 0 Å². The number of nitrogens with one attached hydrogen (secondary N) is 3. The molecule has 4 heteroatoms. The Labute approximate surface area is 115 Å². The van der Waals surface area contributed by atoms with Crippen LogP contribution in [0.15, 0.2) is 24.3 Å². The van der Waals surface area contributed by atoms with Gasteiger partial charge in [0.1, 0.15) is 0 Å². The number of hydrogen-bond acceptors (Lipinski definition) is 3. The number of rotatable bonds is 5. The quantitative estimate of drug-likeness (QED) is 0.735. The number of hydrogen-bond donors (Lipinski definition) is 3. The molecule has 1 atom stereocenters. The van der Waals surface area contributed by atoms with Crippen molar-refractivity contribution < 1.29 is 4.79 Å². The molecule has 1 heterocycles. The lowest BCUT2D eigenvalue weighted by Crippen LogP contribution is -2.55. The average Bonchev–Trinajstić information content (AvgIpc) is 2.47. The number of benzene rings is 1. The molecule has 0 radical (unpaired) electrons. The van der Waals surface area contributed by atoms with Crippen LogP contribution >= 0.6 is 0 Å². The molecule has 1 unspecified atom stereocenters. The van der Waals surface area contributed by atoms with Gasteiger partial charge < -0.3 is 16.0 Å². The fourth-order valence-electron chi connectivity index (χ4n) is 2.26. The minimum absolute atomic E-state index is 0.0739. The summed E-state index contributed by atoms with van der Waals surface area (Å²) in [6, 6.07) is 8.38. The zero-order valence-electron chi connectivity index (χ0n) is 11.5. The lowest BCUT2D eigenvalue weighted by molar-refractivity contribution is -0.123. The molecule has 0 aromatic heterocycles. The van der Waals surface area contributed by atoms with Gasteiger partial charge in [-0.2, -0.15) is 0 Å². The van der Waals surface area contributed by atoms with E-state index in [2.05, 4.69) is 47.1 Å². The van der Waals surface area contributed by atoms with Gasteiger partial charge in [0.15, 0.2) is 0 Å². The van der Waals surface area contributed by atoms with Gasteiger partial charge in [0.05, 0.1) is 6.04 Å². The minimum Gasteiger partial charge on any atom is -0.351 e. The molecule has 1 saturated heterocycles. The van der Waals surface area contributed by atoms with Crippen molar-refractivity contribution in [3.05, 3.63) is 35.4 Å². The summed E-state index contributed by atoms with van der Waals surface area (Å²) in [6.07, 6.45) is 2.28. The van der Waals surface area contributed by atoms with Crippen molar-refractivity contribution >= 4 is 5.91 Å². The maximum absolute atomic E-state index is 11.9. The van der Waals surface area contributed by atoms with Crippen LogP contribution in [0, 0.1) is 0 Å². The third-order valence-electron chi connectivity index (χ3n) is 3.39. The summed E-state index contributed by atoms with van der Waals surface area (Å²) in [5.41, 5.74) is 2.51. The first-order valence-corrected chi connectivity index (χ1v) is 7.09. The number of piperazine rings is 1. The lowest BCUT2D eigenvalue weighted by atomic mass is 10.1. The Balaban J connectivity index is 1.79. The predicted octanol–water partition coefficient (Wildman–Crippen LogP) is 0.817. The van der Waals surface area contributed by atoms with Crippen molar-refractivity contribution in [2.45, 2.75) is 32.4 Å². The van der Waals surface area contributed by atoms with Crippen LogP contribution < -0.4 is 16.0 Å². The summed E-state index contributed by atoms with van der Waals surface area (Å²) >= 11 is 0. The number of carbonyl (C=O) groups is 1. The molecule has 1 amide bonds. The van der Waals surface area contributed by atoms with Gasteiger partial charge in [-0.1, -0.05) is 37.6 Å². The van der Waals surface area contributed by atoms with E-state index in [0.29, 0.717) is 13.1 Å². The average molecular weight is 261 g/mol. The zero-order valence-corrected chi connectivity index (χ0v) is 11.5. The molecule has 19 heavy (non-hydrogen) atoms. The normalized spacial score (nSPS) is 19.1. The highest BCUT2D eigenvalue weighted by Gasteiger charge is 2.19. The fraction of sp³-hybridized carbons (Fsp3) is 0.533. The van der Waals surface area contributed by atoms with E-state index in [1.807, 2.05) is 0 Å². The van der Waals surface area contributed by atoms with E-state index in [1.54, 1.807) is 0 Å². The van der Waals surface area contributed by atoms with Crippen LogP contribution in [-0.2, 0) is 17.8 Å². The molecule has 1 aliphatic heterocycles. The second kappa shape index (κ2) is 7.26. The van der Waals surface area contributed by atoms with E-state index < -0.39 is 0 Å². The third kappa shape index (κ3) is 4.33. The van der Waals surface area contributed by atoms with Gasteiger partial charge in [0.2, 0.25) is 5.91 Å². The molecule has 1 aromatic rings. The number of aryl methyl sites for hydroxylation is 1. The first-order chi connectivity index (χ1) is 9.29. The monoisotopic (exact) mass is 261 g/mol. The van der Waals surface area contributed by atoms with Crippen molar-refractivity contribution in [1.82, 2.24) is 16.0 Å². The summed E-state index contributed by atoms with van der Waals surface area (Å²) in [6.45, 7) is 5.27. The Kier molecular flexibility index (Phi) is 5.36. The second-order valence-corrected chi connectivity index (χ2v) is 5.00. The van der Waals surface area contributed by atoms with E-state index in [4.69, 9.17) is 0 Å². The van der Waals surface area contributed by atoms with Crippen molar-refractivity contribution in [2.24, 2.45) is 0 Å². The Hall–Kier alpha value is -1.39. The Morgan fingerprint density at radius 1 is 1.26 bits per heavy atom. The summed E-state index contributed by atoms with van der Waals surface area (Å²) in [7, 11) is 0. The molecule has 1 aliphatic rings. The van der Waals surface area contributed by atoms with Crippen LogP contribution in [0.1, 0.15) is 24.5 Å². The molecule has 0 bridgehead atoms. The largest absolute Gasteiger partial charge is 0.351 e. The van der Waals surface area contributed by atoms with Crippen LogP contribution in [0.25, 0.3) is 0 Å². The maximum Gasteiger partial charge on any atom is 0.238 e. The summed E-state index contributed by atoms with van der Waals surface area (Å²) < 4.78 is 0. The van der Waals surface area contributed by atoms with Crippen LogP contribution in [0.3, 0.4) is 0 Å². The van der Waals surface area contributed by atoms with Gasteiger partial charge >= 0.3 is 0 Å². The zero-order chi connectivity index (χ0) is 13.5. The molecule has 1 aromatic carbocycles. The van der Waals surface area contributed by atoms with Crippen LogP contribution in [0.5, 0.6) is 0 Å². The summed E-state index contributed by atoms with van der Waals surface area (Å²) in [4.78, 5) is 11.9. The predicted molar refractivity (Wildman–Crippen MR) is 76.9 cm³/mol. The number of carbonyl (C=O) groups excluding carboxylic acids is 1. The Bertz CT molecular complexity index is 396. The molecule has 2 rings (SSSR count). The summed E-state index contributed by atoms with van der Waals surface area (Å²) in [5.74, 6) is 0.0739. The molecule has 4 nitrogen and oxygen atoms in total. The molecule has 0 saturated carbocycles. The van der Waals surface area contributed by atoms with E-state index >= 15 is 0 Å². The smallest absolute Gasteiger partial charge is 0.238 e. The molecule has 104 valence electrons. The molecule has 0 aliphatic carbocycles. The van der Waals surface area contributed by atoms with Gasteiger partial charge in [0, 0.05) is 26.2 Å². The fourth-order valence-corrected chi connectivity index (χ4v) is 2.26. The van der Waals surface area contributed by atoms with E-state index in [9.17, 15) is 4.79 Å². The van der Waals surface area contributed by atoms with Crippen LogP contribution in [0.2, 0.25) is 0 Å². The van der Waals surface area contributed by atoms with Crippen molar-refractivity contribution in [2.75, 3.05) is 19.6 Å². The standard InChI is InChI=1S/C15H23N3O/c1-2-3-12-4-6-13(7-5-12)10-18-15(19)14-11-16-8-9-17-14/h4-7,14,16-17H,2-3,8-11H2,1H3,(H,18,19). The van der Waals surface area contributed by atoms with Crippen molar-refractivity contribution in [3.63, 3.8) is 0 Å². The van der Waals surface area contributed by atoms with E-state index in [0.717, 1.165) is 31.5 Å². The Morgan fingerprint density at radius 3 is 2.63 bits per heavy atom. The van der Waals surface area contributed by atoms with Crippen molar-refractivity contribution in [1.29, 1.82) is 0 Å². The molecule has 0 spiro atoms. The first-order valence-electron chi connectivity index (χ1n) is 7.09. The molecular weight excluding hydrogens is 238 g/mol. The third-order valence-corrected chi connectivity index (χ3v) is 3.39. The van der Waals surface area contributed by atoms with Gasteiger partial charge in [-0.3, -0.25) is 4.79 Å². The van der Waals surface area contributed by atoms with E-state index in [-0.39, 0.29) is 11.9 Å². The highest BCUT2D eigenvalue weighted by Crippen LogP contribution is 2.06. The van der Waals surface area contributed by atoms with Crippen LogP contribution in [0.4, 0.5) is 0 Å². The highest BCUT2D eigenvalue weighted by molar-refractivity contribution is 5.82. The minimum atomic E-state index is -0.104. The SMILES string of the molecule is CCCc1ccc(CNC(=O)C2CNCCN2)cc1. The topological polar surface area (TPSA) is 53.2 Å². The van der Waals surface area contributed by atoms with Gasteiger partial charge in [-0.25, -0.2) is 0 Å². The molecular formula is C15H23N3O. The maximum atomic E-state index is 11.9. The highest BCUT2D eigenvalue weighted by atomic mass is 16.2. The van der Waals surface area contributed by atoms with E-state index in [1.165, 1.54) is 5.56 Å². The van der Waals surface area contributed by atoms with Gasteiger partial charge in [-0.05, 0) is 17.5 Å². The van der Waals surface area contributed by atoms with Crippen LogP contribution in [-0.4, -0.2) is 31.6 Å². The second-order valence-electron chi connectivity index (χ2n) is 5.00. The Morgan fingerprint density at radius 2 is 2.00 bits per heavy atom. The van der Waals surface area contributed by atoms with Gasteiger partial charge in [-0.15, -0.1) is 0 Å². The summed E-state index contributed by atoms with van der Waals surface area (Å²) in [5, 5.41) is 9.40. The molecule has 1 fully saturated rings. The van der Waals surface area contributed by atoms with Crippen molar-refractivity contribution in [3.8, 4) is 0 Å². The lowest BCUT2D eigenvalue weighted by Gasteiger charge is -2.23. The number of amides is 1. The molecule has 3 N–H and O–H groups in total. The first kappa shape index (κ1) is 14.0.